The maximum Gasteiger partial charge on any atom is 0.496 e. The molecule has 4 rings (SSSR count). The number of hydrogen-bond acceptors (Lipinski definition) is 6. The molecule has 1 N–H and O–H groups in total. The van der Waals surface area contributed by atoms with Crippen molar-refractivity contribution in [2.24, 2.45) is 0 Å². The maximum absolute atomic E-state index is 15.7. The molecule has 0 bridgehead atoms. The first kappa shape index (κ1) is 37.0. The van der Waals surface area contributed by atoms with Crippen molar-refractivity contribution in [1.82, 2.24) is 10.2 Å². The Labute approximate surface area is 285 Å². The van der Waals surface area contributed by atoms with Crippen LogP contribution in [0.4, 0.5) is 14.0 Å². The summed E-state index contributed by atoms with van der Waals surface area (Å²) in [6, 6.07) is 12.8. The number of nitrogens with zero attached hydrogens (tertiary/aromatic N) is 1. The molecule has 1 aliphatic carbocycles. The first-order valence-electron chi connectivity index (χ1n) is 16.5. The van der Waals surface area contributed by atoms with Gasteiger partial charge in [0.15, 0.2) is 0 Å². The highest BCUT2D eigenvalue weighted by Crippen LogP contribution is 2.38. The van der Waals surface area contributed by atoms with Gasteiger partial charge in [0.25, 0.3) is 0 Å². The zero-order valence-electron chi connectivity index (χ0n) is 29.5. The van der Waals surface area contributed by atoms with Gasteiger partial charge in [0.05, 0.1) is 16.2 Å². The normalized spacial score (nSPS) is 21.6. The third kappa shape index (κ3) is 9.42. The van der Waals surface area contributed by atoms with Gasteiger partial charge in [-0.2, -0.15) is 0 Å². The van der Waals surface area contributed by atoms with E-state index in [1.807, 2.05) is 106 Å². The van der Waals surface area contributed by atoms with Gasteiger partial charge in [-0.05, 0) is 112 Å². The first-order chi connectivity index (χ1) is 21.7. The van der Waals surface area contributed by atoms with E-state index >= 15 is 4.39 Å². The smallest absolute Gasteiger partial charge is 0.444 e. The average Bonchev–Trinajstić information content (AvgIpc) is 3.16. The molecule has 0 aromatic heterocycles. The second-order valence-electron chi connectivity index (χ2n) is 15.7. The monoisotopic (exact) mass is 672 g/mol. The summed E-state index contributed by atoms with van der Waals surface area (Å²) in [6.45, 7) is 19.0. The van der Waals surface area contributed by atoms with E-state index in [4.69, 9.17) is 30.4 Å². The summed E-state index contributed by atoms with van der Waals surface area (Å²) in [5.74, 6) is -1.01. The molecule has 47 heavy (non-hydrogen) atoms. The lowest BCUT2D eigenvalue weighted by atomic mass is 9.76. The molecule has 258 valence electrons. The lowest BCUT2D eigenvalue weighted by molar-refractivity contribution is 0.00578. The summed E-state index contributed by atoms with van der Waals surface area (Å²) in [5.41, 5.74) is -0.652. The van der Waals surface area contributed by atoms with Crippen LogP contribution in [-0.2, 0) is 18.8 Å². The number of nitrogens with one attached hydrogen (secondary N) is 1. The van der Waals surface area contributed by atoms with Crippen molar-refractivity contribution in [3.05, 3.63) is 64.4 Å². The molecule has 1 heterocycles. The van der Waals surface area contributed by atoms with Crippen molar-refractivity contribution in [2.75, 3.05) is 6.54 Å². The predicted octanol–water partition coefficient (Wildman–Crippen LogP) is 7.98. The van der Waals surface area contributed by atoms with E-state index in [2.05, 4.69) is 5.32 Å². The van der Waals surface area contributed by atoms with Gasteiger partial charge in [-0.15, -0.1) is 0 Å². The molecule has 1 saturated heterocycles. The molecule has 2 aromatic rings. The van der Waals surface area contributed by atoms with Gasteiger partial charge in [-0.1, -0.05) is 48.0 Å². The van der Waals surface area contributed by atoms with E-state index in [9.17, 15) is 9.59 Å². The minimum Gasteiger partial charge on any atom is -0.444 e. The number of amides is 2. The summed E-state index contributed by atoms with van der Waals surface area (Å²) in [6.07, 6.45) is 1.74. The molecule has 1 aliphatic heterocycles. The van der Waals surface area contributed by atoms with Crippen LogP contribution in [-0.4, -0.2) is 65.2 Å². The fourth-order valence-electron chi connectivity index (χ4n) is 5.96. The molecule has 1 atom stereocenters. The number of rotatable bonds is 7. The number of alkyl carbamates (subject to hydrolysis) is 1. The van der Waals surface area contributed by atoms with Crippen molar-refractivity contribution in [3.8, 4) is 0 Å². The molecule has 2 aliphatic rings. The average molecular weight is 673 g/mol. The van der Waals surface area contributed by atoms with Gasteiger partial charge in [0, 0.05) is 30.0 Å². The van der Waals surface area contributed by atoms with Crippen molar-refractivity contribution in [2.45, 2.75) is 135 Å². The Morgan fingerprint density at radius 1 is 0.936 bits per heavy atom. The summed E-state index contributed by atoms with van der Waals surface area (Å²) in [7, 11) is -0.868. The molecule has 2 amide bonds. The second kappa shape index (κ2) is 14.0. The summed E-state index contributed by atoms with van der Waals surface area (Å²) < 4.78 is 39.6. The molecule has 0 radical (unpaired) electrons. The van der Waals surface area contributed by atoms with Crippen LogP contribution in [0.1, 0.15) is 112 Å². The van der Waals surface area contributed by atoms with Gasteiger partial charge in [0.1, 0.15) is 17.0 Å². The van der Waals surface area contributed by atoms with Gasteiger partial charge in [0.2, 0.25) is 0 Å². The second-order valence-corrected chi connectivity index (χ2v) is 16.1. The molecule has 8 nitrogen and oxygen atoms in total. The molecule has 0 spiro atoms. The quantitative estimate of drug-likeness (QED) is 0.300. The Bertz CT molecular complexity index is 1400. The zero-order valence-corrected chi connectivity index (χ0v) is 30.3. The summed E-state index contributed by atoms with van der Waals surface area (Å²) in [5, 5.41) is 2.92. The largest absolute Gasteiger partial charge is 0.496 e. The molecular weight excluding hydrogens is 622 g/mol. The highest BCUT2D eigenvalue weighted by molar-refractivity contribution is 6.65. The Morgan fingerprint density at radius 3 is 2.02 bits per heavy atom. The van der Waals surface area contributed by atoms with E-state index in [-0.39, 0.29) is 23.7 Å². The summed E-state index contributed by atoms with van der Waals surface area (Å²) >= 11 is 6.56. The number of ether oxygens (including phenoxy) is 2. The highest BCUT2D eigenvalue weighted by Gasteiger charge is 2.52. The van der Waals surface area contributed by atoms with Crippen LogP contribution < -0.4 is 10.8 Å². The van der Waals surface area contributed by atoms with E-state index in [0.717, 1.165) is 5.56 Å². The Balaban J connectivity index is 1.67. The fourth-order valence-corrected chi connectivity index (χ4v) is 6.16. The Hall–Kier alpha value is -2.82. The van der Waals surface area contributed by atoms with Crippen molar-refractivity contribution >= 4 is 36.4 Å². The first-order valence-corrected chi connectivity index (χ1v) is 16.9. The van der Waals surface area contributed by atoms with Crippen LogP contribution in [0, 0.1) is 5.82 Å². The zero-order chi connectivity index (χ0) is 34.9. The van der Waals surface area contributed by atoms with Crippen LogP contribution in [0.15, 0.2) is 42.5 Å². The minimum atomic E-state index is -0.868. The van der Waals surface area contributed by atoms with Crippen molar-refractivity contribution < 1.29 is 32.8 Å². The van der Waals surface area contributed by atoms with E-state index in [1.165, 1.54) is 6.07 Å². The SMILES string of the molecule is CC(C)(C)OC(=O)NC1CCC(N(CC(c2ccccc2)c2cc(F)c(Cl)c(B3OC(C)(C)C(C)(C)O3)c2)C(=O)OC(C)(C)C)CC1. The van der Waals surface area contributed by atoms with Gasteiger partial charge in [-0.25, -0.2) is 14.0 Å². The molecule has 2 fully saturated rings. The Kier molecular flexibility index (Phi) is 11.0. The van der Waals surface area contributed by atoms with Gasteiger partial charge in [-0.3, -0.25) is 0 Å². The lowest BCUT2D eigenvalue weighted by Crippen LogP contribution is -2.49. The molecule has 11 heteroatoms. The van der Waals surface area contributed by atoms with Gasteiger partial charge >= 0.3 is 19.3 Å². The molecule has 1 unspecified atom stereocenters. The third-order valence-corrected chi connectivity index (χ3v) is 9.45. The number of carbonyl (C=O) groups is 2. The summed E-state index contributed by atoms with van der Waals surface area (Å²) in [4.78, 5) is 28.1. The van der Waals surface area contributed by atoms with Crippen LogP contribution >= 0.6 is 11.6 Å². The van der Waals surface area contributed by atoms with Crippen molar-refractivity contribution in [1.29, 1.82) is 0 Å². The minimum absolute atomic E-state index is 0.0566. The maximum atomic E-state index is 15.7. The van der Waals surface area contributed by atoms with E-state index < -0.39 is 53.4 Å². The number of benzene rings is 2. The number of halogens is 2. The Morgan fingerprint density at radius 2 is 1.49 bits per heavy atom. The molecule has 1 saturated carbocycles. The number of hydrogen-bond donors (Lipinski definition) is 1. The topological polar surface area (TPSA) is 86.3 Å². The fraction of sp³-hybridized carbons (Fsp3) is 0.611. The van der Waals surface area contributed by atoms with Crippen LogP contribution in [0.5, 0.6) is 0 Å². The van der Waals surface area contributed by atoms with Crippen LogP contribution in [0.3, 0.4) is 0 Å². The highest BCUT2D eigenvalue weighted by atomic mass is 35.5. The predicted molar refractivity (Wildman–Crippen MR) is 184 cm³/mol. The van der Waals surface area contributed by atoms with E-state index in [0.29, 0.717) is 36.7 Å². The van der Waals surface area contributed by atoms with Gasteiger partial charge < -0.3 is 29.0 Å². The molecule has 2 aromatic carbocycles. The van der Waals surface area contributed by atoms with Crippen molar-refractivity contribution in [3.63, 3.8) is 0 Å². The standard InChI is InChI=1S/C36H51BClFN2O6/c1-33(2,3)44-31(42)40-25-16-18-26(19-17-25)41(32(43)45-34(4,5)6)22-27(23-14-12-11-13-15-23)24-20-28(30(38)29(39)21-24)37-46-35(7,8)36(9,10)47-37/h11-15,20-21,25-27H,16-19,22H2,1-10H3,(H,40,42). The third-order valence-electron chi connectivity index (χ3n) is 9.06. The molecular formula is C36H51BClFN2O6. The number of carbonyl (C=O) groups excluding carboxylic acids is 2. The van der Waals surface area contributed by atoms with Crippen LogP contribution in [0.25, 0.3) is 0 Å². The van der Waals surface area contributed by atoms with E-state index in [1.54, 1.807) is 4.90 Å². The lowest BCUT2D eigenvalue weighted by Gasteiger charge is -2.39. The van der Waals surface area contributed by atoms with Crippen LogP contribution in [0.2, 0.25) is 5.02 Å².